The Balaban J connectivity index is 0.000000148. The van der Waals surface area contributed by atoms with Crippen molar-refractivity contribution in [1.29, 1.82) is 0 Å². The predicted molar refractivity (Wildman–Crippen MR) is 312 cm³/mol. The molecule has 8 aromatic rings. The van der Waals surface area contributed by atoms with Crippen LogP contribution in [-0.4, -0.2) is 107 Å². The third-order valence-electron chi connectivity index (χ3n) is 16.9. The summed E-state index contributed by atoms with van der Waals surface area (Å²) in [5.74, 6) is -6.60. The molecule has 0 saturated carbocycles. The first-order valence-electron chi connectivity index (χ1n) is 27.9. The third kappa shape index (κ3) is 8.47. The Labute approximate surface area is 504 Å². The maximum atomic E-state index is 15.9. The lowest BCUT2D eigenvalue weighted by Crippen LogP contribution is -2.66. The van der Waals surface area contributed by atoms with E-state index in [0.29, 0.717) is 33.4 Å². The molecule has 0 N–H and O–H groups in total. The molecule has 88 heavy (non-hydrogen) atoms. The number of pyridine rings is 2. The second-order valence-electron chi connectivity index (χ2n) is 21.7. The van der Waals surface area contributed by atoms with Gasteiger partial charge in [0.25, 0.3) is 24.4 Å². The van der Waals surface area contributed by atoms with E-state index in [1.807, 2.05) is 69.3 Å². The van der Waals surface area contributed by atoms with Gasteiger partial charge in [0.05, 0.1) is 38.5 Å². The van der Waals surface area contributed by atoms with Crippen molar-refractivity contribution in [2.45, 2.75) is 50.8 Å². The van der Waals surface area contributed by atoms with E-state index in [0.717, 1.165) is 44.1 Å². The molecule has 2 fully saturated rings. The van der Waals surface area contributed by atoms with Crippen LogP contribution in [0.5, 0.6) is 11.5 Å². The molecule has 4 aromatic heterocycles. The predicted octanol–water partition coefficient (Wildman–Crippen LogP) is 9.17. The second kappa shape index (κ2) is 21.1. The fraction of sp³-hybridized carbons (Fsp3) is 0.219. The fourth-order valence-corrected chi connectivity index (χ4v) is 14.9. The summed E-state index contributed by atoms with van der Waals surface area (Å²) in [7, 11) is 0. The van der Waals surface area contributed by atoms with Gasteiger partial charge in [-0.15, -0.1) is 22.7 Å². The number of fused-ring (bicyclic) bond motifs is 14. The molecule has 24 heteroatoms. The first kappa shape index (κ1) is 55.0. The molecule has 444 valence electrons. The highest BCUT2D eigenvalue weighted by Gasteiger charge is 2.50. The number of hydrogen-bond acceptors (Lipinski definition) is 16. The van der Waals surface area contributed by atoms with Gasteiger partial charge in [0.1, 0.15) is 12.3 Å². The zero-order valence-electron chi connectivity index (χ0n) is 46.3. The summed E-state index contributed by atoms with van der Waals surface area (Å²) >= 11 is 2.86. The van der Waals surface area contributed by atoms with Gasteiger partial charge in [-0.05, 0) is 82.3 Å². The molecule has 4 unspecified atom stereocenters. The van der Waals surface area contributed by atoms with E-state index < -0.39 is 94.9 Å². The maximum Gasteiger partial charge on any atom is 0.336 e. The summed E-state index contributed by atoms with van der Waals surface area (Å²) in [6, 6.07) is 25.1. The molecule has 6 aliphatic heterocycles. The average molecular weight is 1230 g/mol. The molecule has 6 atom stereocenters. The zero-order valence-corrected chi connectivity index (χ0v) is 48.0. The molecule has 16 rings (SSSR count). The Kier molecular flexibility index (Phi) is 13.2. The van der Waals surface area contributed by atoms with Crippen molar-refractivity contribution in [2.75, 3.05) is 49.5 Å². The normalized spacial score (nSPS) is 21.8. The standard InChI is InChI=1S/2C32H23F2N3O6S/c2*1-16-14-24(43-32(16)40)42-29-22(38)8-10-36-28(29)31(39)35-11-12-41-15-23(35)37(36)27-17-4-2-3-5-18(17)30-20(9-13-44-30)25-19(27)6-7-21(33)26(25)34/h2*2-10,13-14,23-24,27H,11-12,15H2,1H3/t23-,24?,27-;/m1./s1. The maximum absolute atomic E-state index is 15.9. The van der Waals surface area contributed by atoms with Crippen LogP contribution in [0.3, 0.4) is 0 Å². The lowest BCUT2D eigenvalue weighted by atomic mass is 9.92. The SMILES string of the molecule is CC1=CC(Oc2c3n(ccc2=O)N(C2c4ccccc4-c4sccc4-c4c2ccc(F)c4F)C2COCCN2C3=O)OC1=O.CC1=CC(Oc2c3n(ccc2=O)N([C@@H]2c4ccccc4-c4sccc4-c4c2ccc(F)c4F)[C@@H]2COCCN2C3=O)OC1=O. The number of esters is 2. The van der Waals surface area contributed by atoms with Crippen molar-refractivity contribution < 1.29 is 65.2 Å². The minimum atomic E-state index is -1.20. The summed E-state index contributed by atoms with van der Waals surface area (Å²) in [4.78, 5) is 83.6. The monoisotopic (exact) mass is 1230 g/mol. The van der Waals surface area contributed by atoms with E-state index in [9.17, 15) is 37.5 Å². The number of rotatable bonds is 6. The van der Waals surface area contributed by atoms with E-state index in [1.165, 1.54) is 68.7 Å². The number of halogens is 4. The van der Waals surface area contributed by atoms with Crippen molar-refractivity contribution >= 4 is 46.4 Å². The Bertz CT molecular complexity index is 4260. The minimum Gasteiger partial charge on any atom is -0.444 e. The van der Waals surface area contributed by atoms with E-state index in [2.05, 4.69) is 0 Å². The number of morpholine rings is 2. The van der Waals surface area contributed by atoms with Crippen LogP contribution in [0.15, 0.2) is 153 Å². The lowest BCUT2D eigenvalue weighted by Gasteiger charge is -2.51. The molecule has 4 aromatic carbocycles. The van der Waals surface area contributed by atoms with Crippen LogP contribution in [0, 0.1) is 23.3 Å². The number of ether oxygens (including phenoxy) is 6. The van der Waals surface area contributed by atoms with Gasteiger partial charge in [0.15, 0.2) is 34.7 Å². The van der Waals surface area contributed by atoms with Gasteiger partial charge in [0.2, 0.25) is 22.4 Å². The molecule has 10 heterocycles. The molecule has 8 aliphatic rings. The molecule has 18 nitrogen and oxygen atoms in total. The molecule has 0 radical (unpaired) electrons. The largest absolute Gasteiger partial charge is 0.444 e. The Morgan fingerprint density at radius 1 is 0.500 bits per heavy atom. The van der Waals surface area contributed by atoms with Gasteiger partial charge in [-0.25, -0.2) is 27.2 Å². The highest BCUT2D eigenvalue weighted by Crippen LogP contribution is 2.53. The highest BCUT2D eigenvalue weighted by molar-refractivity contribution is 7.14. The number of carbonyl (C=O) groups is 4. The molecular weight excluding hydrogens is 1180 g/mol. The molecule has 0 bridgehead atoms. The van der Waals surface area contributed by atoms with Gasteiger partial charge in [-0.1, -0.05) is 60.7 Å². The lowest BCUT2D eigenvalue weighted by molar-refractivity contribution is -0.149. The Hall–Kier alpha value is -9.62. The van der Waals surface area contributed by atoms with Crippen LogP contribution in [0.2, 0.25) is 0 Å². The van der Waals surface area contributed by atoms with Gasteiger partial charge >= 0.3 is 11.9 Å². The number of cyclic esters (lactones) is 2. The van der Waals surface area contributed by atoms with Crippen LogP contribution in [-0.2, 0) is 28.5 Å². The third-order valence-corrected chi connectivity index (χ3v) is 18.8. The number of nitrogens with zero attached hydrogens (tertiary/aromatic N) is 6. The van der Waals surface area contributed by atoms with E-state index >= 15 is 8.78 Å². The summed E-state index contributed by atoms with van der Waals surface area (Å²) < 4.78 is 98.6. The van der Waals surface area contributed by atoms with Crippen molar-refractivity contribution in [1.82, 2.24) is 19.2 Å². The summed E-state index contributed by atoms with van der Waals surface area (Å²) in [5, 5.41) is 7.41. The van der Waals surface area contributed by atoms with E-state index in [-0.39, 0.29) is 73.5 Å². The second-order valence-corrected chi connectivity index (χ2v) is 23.5. The van der Waals surface area contributed by atoms with Gasteiger partial charge in [-0.3, -0.25) is 38.5 Å². The van der Waals surface area contributed by atoms with Gasteiger partial charge in [0, 0.05) is 92.9 Å². The molecular formula is C64H46F4N6O12S2. The fourth-order valence-electron chi connectivity index (χ4n) is 13.0. The minimum absolute atomic E-state index is 0.0784. The number of hydrogen-bond donors (Lipinski definition) is 0. The average Bonchev–Trinajstić information content (AvgIpc) is 1.34. The summed E-state index contributed by atoms with van der Waals surface area (Å²) in [6.07, 6.45) is 2.06. The number of benzene rings is 4. The zero-order chi connectivity index (χ0) is 60.5. The van der Waals surface area contributed by atoms with Crippen LogP contribution >= 0.6 is 22.7 Å². The van der Waals surface area contributed by atoms with Crippen molar-refractivity contribution in [3.05, 3.63) is 221 Å². The summed E-state index contributed by atoms with van der Waals surface area (Å²) in [6.45, 7) is 4.32. The Morgan fingerprint density at radius 3 is 1.33 bits per heavy atom. The van der Waals surface area contributed by atoms with Crippen molar-refractivity contribution in [3.8, 4) is 54.6 Å². The van der Waals surface area contributed by atoms with Crippen LogP contribution in [0.25, 0.3) is 43.1 Å². The Morgan fingerprint density at radius 2 is 0.920 bits per heavy atom. The van der Waals surface area contributed by atoms with Crippen LogP contribution < -0.4 is 30.3 Å². The summed E-state index contributed by atoms with van der Waals surface area (Å²) in [5.41, 5.74) is 4.88. The topological polar surface area (TPSA) is 181 Å². The molecule has 0 spiro atoms. The first-order valence-corrected chi connectivity index (χ1v) is 29.7. The van der Waals surface area contributed by atoms with Crippen LogP contribution in [0.4, 0.5) is 17.6 Å². The molecule has 2 aliphatic carbocycles. The number of aromatic nitrogens is 2. The van der Waals surface area contributed by atoms with Crippen molar-refractivity contribution in [2.24, 2.45) is 0 Å². The number of thiophene rings is 2. The molecule has 2 amide bonds. The van der Waals surface area contributed by atoms with E-state index in [4.69, 9.17) is 28.4 Å². The first-order chi connectivity index (χ1) is 42.7. The van der Waals surface area contributed by atoms with Crippen molar-refractivity contribution in [3.63, 3.8) is 0 Å². The van der Waals surface area contributed by atoms with Crippen LogP contribution in [0.1, 0.15) is 69.2 Å². The van der Waals surface area contributed by atoms with Gasteiger partial charge < -0.3 is 38.2 Å². The number of amides is 2. The molecule has 2 saturated heterocycles. The number of carbonyl (C=O) groups excluding carboxylic acids is 4. The highest BCUT2D eigenvalue weighted by atomic mass is 32.1. The smallest absolute Gasteiger partial charge is 0.336 e. The van der Waals surface area contributed by atoms with Gasteiger partial charge in [-0.2, -0.15) is 0 Å². The quantitative estimate of drug-likeness (QED) is 0.114. The van der Waals surface area contributed by atoms with E-state index in [1.54, 1.807) is 47.9 Å².